The van der Waals surface area contributed by atoms with E-state index >= 15 is 0 Å². The third-order valence-electron chi connectivity index (χ3n) is 2.22. The van der Waals surface area contributed by atoms with Crippen LogP contribution in [-0.4, -0.2) is 10.9 Å². The van der Waals surface area contributed by atoms with Crippen molar-refractivity contribution in [3.63, 3.8) is 0 Å². The van der Waals surface area contributed by atoms with Crippen molar-refractivity contribution in [1.29, 1.82) is 0 Å². The first-order valence-corrected chi connectivity index (χ1v) is 5.92. The Morgan fingerprint density at radius 1 is 1.53 bits per heavy atom. The van der Waals surface area contributed by atoms with E-state index in [-0.39, 0.29) is 5.91 Å². The molecular formula is C11H12N4OS. The summed E-state index contributed by atoms with van der Waals surface area (Å²) in [6.45, 7) is 1.83. The van der Waals surface area contributed by atoms with Crippen molar-refractivity contribution >= 4 is 28.6 Å². The molecule has 0 spiro atoms. The van der Waals surface area contributed by atoms with Crippen molar-refractivity contribution in [1.82, 2.24) is 4.98 Å². The van der Waals surface area contributed by atoms with Crippen molar-refractivity contribution in [2.75, 3.05) is 10.7 Å². The number of pyridine rings is 1. The summed E-state index contributed by atoms with van der Waals surface area (Å²) in [6, 6.07) is 3.56. The predicted octanol–water partition coefficient (Wildman–Crippen LogP) is 1.99. The van der Waals surface area contributed by atoms with E-state index in [4.69, 9.17) is 5.84 Å². The number of nitrogens with zero attached hydrogens (tertiary/aromatic N) is 1. The van der Waals surface area contributed by atoms with E-state index in [1.54, 1.807) is 6.07 Å². The van der Waals surface area contributed by atoms with Crippen LogP contribution in [0.5, 0.6) is 0 Å². The zero-order valence-corrected chi connectivity index (χ0v) is 10.0. The topological polar surface area (TPSA) is 80.0 Å². The molecule has 0 aliphatic heterocycles. The lowest BCUT2D eigenvalue weighted by Gasteiger charge is -2.08. The molecule has 2 aromatic heterocycles. The molecule has 0 saturated heterocycles. The van der Waals surface area contributed by atoms with Crippen molar-refractivity contribution in [2.24, 2.45) is 5.84 Å². The summed E-state index contributed by atoms with van der Waals surface area (Å²) in [7, 11) is 0. The molecule has 0 bridgehead atoms. The fraction of sp³-hybridized carbons (Fsp3) is 0.0909. The Bertz CT molecular complexity index is 524. The van der Waals surface area contributed by atoms with Crippen LogP contribution in [0.1, 0.15) is 16.1 Å². The van der Waals surface area contributed by atoms with Gasteiger partial charge in [0.15, 0.2) is 0 Å². The minimum Gasteiger partial charge on any atom is -0.323 e. The monoisotopic (exact) mass is 248 g/mol. The van der Waals surface area contributed by atoms with E-state index in [9.17, 15) is 4.79 Å². The Morgan fingerprint density at radius 3 is 3.00 bits per heavy atom. The number of hydrogen-bond donors (Lipinski definition) is 3. The summed E-state index contributed by atoms with van der Waals surface area (Å²) >= 11 is 1.52. The van der Waals surface area contributed by atoms with E-state index in [2.05, 4.69) is 15.7 Å². The van der Waals surface area contributed by atoms with Gasteiger partial charge < -0.3 is 10.7 Å². The zero-order valence-electron chi connectivity index (χ0n) is 9.23. The average molecular weight is 248 g/mol. The minimum absolute atomic E-state index is 0.233. The first kappa shape index (κ1) is 11.6. The molecule has 0 aliphatic carbocycles. The Morgan fingerprint density at radius 2 is 2.35 bits per heavy atom. The largest absolute Gasteiger partial charge is 0.323 e. The second kappa shape index (κ2) is 4.94. The molecule has 0 fully saturated rings. The highest BCUT2D eigenvalue weighted by Crippen LogP contribution is 2.18. The fourth-order valence-electron chi connectivity index (χ4n) is 1.39. The highest BCUT2D eigenvalue weighted by atomic mass is 32.1. The summed E-state index contributed by atoms with van der Waals surface area (Å²) in [6.07, 6.45) is 1.51. The third kappa shape index (κ3) is 2.61. The average Bonchev–Trinajstić information content (AvgIpc) is 2.81. The molecule has 4 N–H and O–H groups in total. The van der Waals surface area contributed by atoms with Crippen LogP contribution in [-0.2, 0) is 0 Å². The van der Waals surface area contributed by atoms with Gasteiger partial charge in [-0.15, -0.1) is 0 Å². The van der Waals surface area contributed by atoms with Gasteiger partial charge in [0.25, 0.3) is 5.91 Å². The van der Waals surface area contributed by atoms with Gasteiger partial charge in [0, 0.05) is 17.3 Å². The number of hydrazine groups is 1. The number of amides is 1. The lowest BCUT2D eigenvalue weighted by Crippen LogP contribution is -2.17. The number of aryl methyl sites for hydroxylation is 1. The quantitative estimate of drug-likeness (QED) is 0.573. The molecule has 0 atom stereocenters. The SMILES string of the molecule is Cc1cc(NN)c(C(=O)Nc2ccsc2)cn1. The number of nitrogens with two attached hydrogens (primary N) is 1. The molecule has 2 rings (SSSR count). The summed E-state index contributed by atoms with van der Waals surface area (Å²) in [5.41, 5.74) is 5.04. The van der Waals surface area contributed by atoms with Crippen LogP contribution in [0.4, 0.5) is 11.4 Å². The van der Waals surface area contributed by atoms with Gasteiger partial charge in [-0.25, -0.2) is 0 Å². The highest BCUT2D eigenvalue weighted by Gasteiger charge is 2.12. The minimum atomic E-state index is -0.233. The lowest BCUT2D eigenvalue weighted by molar-refractivity contribution is 0.102. The van der Waals surface area contributed by atoms with Crippen LogP contribution in [0.2, 0.25) is 0 Å². The second-order valence-corrected chi connectivity index (χ2v) is 4.26. The maximum absolute atomic E-state index is 12.0. The molecule has 5 nitrogen and oxygen atoms in total. The van der Waals surface area contributed by atoms with Gasteiger partial charge in [-0.05, 0) is 24.4 Å². The van der Waals surface area contributed by atoms with Gasteiger partial charge in [0.05, 0.1) is 16.9 Å². The number of carbonyl (C=O) groups excluding carboxylic acids is 1. The summed E-state index contributed by atoms with van der Waals surface area (Å²) in [5.74, 6) is 5.14. The summed E-state index contributed by atoms with van der Waals surface area (Å²) < 4.78 is 0. The van der Waals surface area contributed by atoms with E-state index in [1.165, 1.54) is 17.5 Å². The number of thiophene rings is 1. The van der Waals surface area contributed by atoms with Crippen LogP contribution in [0.3, 0.4) is 0 Å². The number of nitrogen functional groups attached to an aromatic ring is 1. The fourth-order valence-corrected chi connectivity index (χ4v) is 1.98. The van der Waals surface area contributed by atoms with E-state index < -0.39 is 0 Å². The maximum Gasteiger partial charge on any atom is 0.259 e. The van der Waals surface area contributed by atoms with Gasteiger partial charge in [0.1, 0.15) is 0 Å². The summed E-state index contributed by atoms with van der Waals surface area (Å²) in [4.78, 5) is 16.0. The number of anilines is 2. The maximum atomic E-state index is 12.0. The molecule has 0 aromatic carbocycles. The van der Waals surface area contributed by atoms with E-state index in [1.807, 2.05) is 23.8 Å². The molecule has 0 radical (unpaired) electrons. The van der Waals surface area contributed by atoms with Crippen LogP contribution in [0, 0.1) is 6.92 Å². The van der Waals surface area contributed by atoms with E-state index in [0.717, 1.165) is 11.4 Å². The number of carbonyl (C=O) groups is 1. The molecule has 1 amide bonds. The zero-order chi connectivity index (χ0) is 12.3. The standard InChI is InChI=1S/C11H12N4OS/c1-7-4-10(15-12)9(5-13-7)11(16)14-8-2-3-17-6-8/h2-6H,12H2,1H3,(H,13,15)(H,14,16). The van der Waals surface area contributed by atoms with Crippen molar-refractivity contribution in [2.45, 2.75) is 6.92 Å². The van der Waals surface area contributed by atoms with Crippen molar-refractivity contribution in [3.8, 4) is 0 Å². The van der Waals surface area contributed by atoms with E-state index in [0.29, 0.717) is 11.3 Å². The number of hydrogen-bond acceptors (Lipinski definition) is 5. The lowest BCUT2D eigenvalue weighted by atomic mass is 10.2. The first-order chi connectivity index (χ1) is 8.20. The second-order valence-electron chi connectivity index (χ2n) is 3.48. The molecule has 0 saturated carbocycles. The van der Waals surface area contributed by atoms with Crippen molar-refractivity contribution in [3.05, 3.63) is 40.3 Å². The van der Waals surface area contributed by atoms with Gasteiger partial charge in [-0.3, -0.25) is 15.6 Å². The Balaban J connectivity index is 2.24. The molecule has 0 aliphatic rings. The smallest absolute Gasteiger partial charge is 0.259 e. The van der Waals surface area contributed by atoms with Gasteiger partial charge in [-0.2, -0.15) is 11.3 Å². The molecular weight excluding hydrogens is 236 g/mol. The molecule has 2 heterocycles. The Kier molecular flexibility index (Phi) is 3.36. The van der Waals surface area contributed by atoms with Crippen LogP contribution in [0.25, 0.3) is 0 Å². The summed E-state index contributed by atoms with van der Waals surface area (Å²) in [5, 5.41) is 6.52. The number of nitrogens with one attached hydrogen (secondary N) is 2. The molecule has 88 valence electrons. The highest BCUT2D eigenvalue weighted by molar-refractivity contribution is 7.08. The molecule has 0 unspecified atom stereocenters. The first-order valence-electron chi connectivity index (χ1n) is 4.97. The van der Waals surface area contributed by atoms with Gasteiger partial charge in [-0.1, -0.05) is 0 Å². The Hall–Kier alpha value is -1.92. The Labute approximate surface area is 103 Å². The number of rotatable bonds is 3. The molecule has 17 heavy (non-hydrogen) atoms. The van der Waals surface area contributed by atoms with Gasteiger partial charge in [0.2, 0.25) is 0 Å². The van der Waals surface area contributed by atoms with Crippen LogP contribution in [0.15, 0.2) is 29.1 Å². The van der Waals surface area contributed by atoms with Crippen molar-refractivity contribution < 1.29 is 4.79 Å². The molecule has 2 aromatic rings. The third-order valence-corrected chi connectivity index (χ3v) is 2.90. The normalized spacial score (nSPS) is 10.0. The van der Waals surface area contributed by atoms with Crippen LogP contribution < -0.4 is 16.6 Å². The van der Waals surface area contributed by atoms with Crippen LogP contribution >= 0.6 is 11.3 Å². The predicted molar refractivity (Wildman–Crippen MR) is 69.1 cm³/mol. The van der Waals surface area contributed by atoms with Gasteiger partial charge >= 0.3 is 0 Å². The number of aromatic nitrogens is 1. The molecule has 6 heteroatoms.